The van der Waals surface area contributed by atoms with Crippen molar-refractivity contribution < 1.29 is 19.2 Å². The number of hydrogen-bond donors (Lipinski definition) is 2. The van der Waals surface area contributed by atoms with Gasteiger partial charge in [0.25, 0.3) is 5.91 Å². The van der Waals surface area contributed by atoms with Crippen LogP contribution in [0.2, 0.25) is 0 Å². The number of ether oxygens (including phenoxy) is 2. The molecule has 1 aliphatic rings. The summed E-state index contributed by atoms with van der Waals surface area (Å²) in [5, 5.41) is 3.07. The van der Waals surface area contributed by atoms with E-state index < -0.39 is 0 Å². The van der Waals surface area contributed by atoms with Crippen LogP contribution in [-0.4, -0.2) is 59.5 Å². The third-order valence-electron chi connectivity index (χ3n) is 5.40. The lowest BCUT2D eigenvalue weighted by atomic mass is 10.0. The van der Waals surface area contributed by atoms with E-state index in [2.05, 4.69) is 34.5 Å². The number of aryl methyl sites for hydroxylation is 1. The van der Waals surface area contributed by atoms with E-state index in [-0.39, 0.29) is 18.6 Å². The fraction of sp³-hybridized carbons (Fsp3) is 0.435. The summed E-state index contributed by atoms with van der Waals surface area (Å²) in [7, 11) is 4.07. The minimum atomic E-state index is -0.101. The summed E-state index contributed by atoms with van der Waals surface area (Å²) in [4.78, 5) is 15.9. The highest BCUT2D eigenvalue weighted by molar-refractivity contribution is 5.77. The normalized spacial score (nSPS) is 15.6. The minimum absolute atomic E-state index is 0.0234. The van der Waals surface area contributed by atoms with E-state index in [0.29, 0.717) is 6.54 Å². The number of amides is 1. The van der Waals surface area contributed by atoms with Gasteiger partial charge in [-0.25, -0.2) is 0 Å². The standard InChI is InChI=1S/C23H31N3O3/c1-18-6-4-5-7-22(18)29-17-23(27)24-16-21(26-12-14-28-15-13-26)19-8-10-20(11-9-19)25(2)3/h4-11,21H,12-17H2,1-3H3,(H,24,27)/p+1/t21-/m0/s1. The van der Waals surface area contributed by atoms with Crippen molar-refractivity contribution in [1.29, 1.82) is 0 Å². The van der Waals surface area contributed by atoms with Crippen LogP contribution in [0.25, 0.3) is 0 Å². The molecule has 1 saturated heterocycles. The highest BCUT2D eigenvalue weighted by Crippen LogP contribution is 2.17. The number of hydrogen-bond acceptors (Lipinski definition) is 4. The number of carbonyl (C=O) groups excluding carboxylic acids is 1. The fourth-order valence-corrected chi connectivity index (χ4v) is 3.61. The largest absolute Gasteiger partial charge is 0.484 e. The zero-order valence-electron chi connectivity index (χ0n) is 17.6. The van der Waals surface area contributed by atoms with Gasteiger partial charge in [-0.3, -0.25) is 4.79 Å². The zero-order valence-corrected chi connectivity index (χ0v) is 17.6. The highest BCUT2D eigenvalue weighted by atomic mass is 16.5. The molecule has 156 valence electrons. The predicted molar refractivity (Wildman–Crippen MR) is 115 cm³/mol. The van der Waals surface area contributed by atoms with E-state index in [1.165, 1.54) is 16.2 Å². The lowest BCUT2D eigenvalue weighted by molar-refractivity contribution is -0.937. The molecular formula is C23H32N3O3+. The molecule has 2 N–H and O–H groups in total. The van der Waals surface area contributed by atoms with Crippen molar-refractivity contribution in [2.24, 2.45) is 0 Å². The van der Waals surface area contributed by atoms with E-state index in [9.17, 15) is 4.79 Å². The van der Waals surface area contributed by atoms with Gasteiger partial charge < -0.3 is 24.6 Å². The van der Waals surface area contributed by atoms with Crippen LogP contribution in [0.5, 0.6) is 5.75 Å². The molecule has 1 heterocycles. The maximum Gasteiger partial charge on any atom is 0.258 e. The summed E-state index contributed by atoms with van der Waals surface area (Å²) < 4.78 is 11.2. The average molecular weight is 399 g/mol. The number of nitrogens with zero attached hydrogens (tertiary/aromatic N) is 1. The summed E-state index contributed by atoms with van der Waals surface area (Å²) in [6.45, 7) is 5.97. The first-order valence-corrected chi connectivity index (χ1v) is 10.2. The third-order valence-corrected chi connectivity index (χ3v) is 5.40. The minimum Gasteiger partial charge on any atom is -0.484 e. The highest BCUT2D eigenvalue weighted by Gasteiger charge is 2.27. The van der Waals surface area contributed by atoms with Crippen LogP contribution in [0.3, 0.4) is 0 Å². The lowest BCUT2D eigenvalue weighted by Gasteiger charge is -2.32. The number of para-hydroxylation sites is 1. The lowest BCUT2D eigenvalue weighted by Crippen LogP contribution is -3.15. The van der Waals surface area contributed by atoms with Gasteiger partial charge in [-0.05, 0) is 30.7 Å². The van der Waals surface area contributed by atoms with Gasteiger partial charge >= 0.3 is 0 Å². The number of carbonyl (C=O) groups is 1. The van der Waals surface area contributed by atoms with Crippen molar-refractivity contribution in [2.75, 3.05) is 58.5 Å². The van der Waals surface area contributed by atoms with Gasteiger partial charge in [0.05, 0.1) is 19.8 Å². The first kappa shape index (κ1) is 21.1. The first-order chi connectivity index (χ1) is 14.0. The van der Waals surface area contributed by atoms with Crippen molar-refractivity contribution in [1.82, 2.24) is 5.32 Å². The number of quaternary nitrogens is 1. The molecule has 0 spiro atoms. The predicted octanol–water partition coefficient (Wildman–Crippen LogP) is 1.21. The number of nitrogens with one attached hydrogen (secondary N) is 2. The number of benzene rings is 2. The second kappa shape index (κ2) is 10.3. The van der Waals surface area contributed by atoms with Crippen LogP contribution in [0, 0.1) is 6.92 Å². The maximum atomic E-state index is 12.4. The molecule has 1 aliphatic heterocycles. The zero-order chi connectivity index (χ0) is 20.6. The van der Waals surface area contributed by atoms with Gasteiger partial charge in [0, 0.05) is 25.3 Å². The number of anilines is 1. The Labute approximate surface area is 173 Å². The molecule has 1 fully saturated rings. The first-order valence-electron chi connectivity index (χ1n) is 10.2. The molecule has 0 unspecified atom stereocenters. The van der Waals surface area contributed by atoms with E-state index >= 15 is 0 Å². The summed E-state index contributed by atoms with van der Waals surface area (Å²) >= 11 is 0. The molecule has 0 saturated carbocycles. The van der Waals surface area contributed by atoms with Crippen LogP contribution in [0.4, 0.5) is 5.69 Å². The molecule has 1 amide bonds. The molecule has 1 atom stereocenters. The summed E-state index contributed by atoms with van der Waals surface area (Å²) in [5.41, 5.74) is 3.42. The Morgan fingerprint density at radius 1 is 1.14 bits per heavy atom. The van der Waals surface area contributed by atoms with Crippen molar-refractivity contribution in [3.8, 4) is 5.75 Å². The Kier molecular flexibility index (Phi) is 7.49. The molecule has 3 rings (SSSR count). The van der Waals surface area contributed by atoms with Crippen LogP contribution >= 0.6 is 0 Å². The molecule has 0 aromatic heterocycles. The molecule has 6 nitrogen and oxygen atoms in total. The Morgan fingerprint density at radius 2 is 1.83 bits per heavy atom. The molecule has 2 aromatic rings. The summed E-state index contributed by atoms with van der Waals surface area (Å²) in [6, 6.07) is 16.5. The van der Waals surface area contributed by atoms with Gasteiger partial charge in [-0.2, -0.15) is 0 Å². The van der Waals surface area contributed by atoms with Crippen LogP contribution in [0.15, 0.2) is 48.5 Å². The third kappa shape index (κ3) is 5.95. The topological polar surface area (TPSA) is 55.2 Å². The number of morpholine rings is 1. The Bertz CT molecular complexity index is 786. The smallest absolute Gasteiger partial charge is 0.258 e. The monoisotopic (exact) mass is 398 g/mol. The Hall–Kier alpha value is -2.57. The van der Waals surface area contributed by atoms with E-state index in [0.717, 1.165) is 37.6 Å². The van der Waals surface area contributed by atoms with Gasteiger partial charge in [0.1, 0.15) is 24.9 Å². The van der Waals surface area contributed by atoms with E-state index in [4.69, 9.17) is 9.47 Å². The van der Waals surface area contributed by atoms with Gasteiger partial charge in [-0.15, -0.1) is 0 Å². The van der Waals surface area contributed by atoms with Gasteiger partial charge in [-0.1, -0.05) is 30.3 Å². The second-order valence-electron chi connectivity index (χ2n) is 7.67. The second-order valence-corrected chi connectivity index (χ2v) is 7.67. The van der Waals surface area contributed by atoms with Crippen LogP contribution < -0.4 is 19.9 Å². The Balaban J connectivity index is 1.62. The SMILES string of the molecule is Cc1ccccc1OCC(=O)NC[C@@H](c1ccc(N(C)C)cc1)[NH+]1CCOCC1. The van der Waals surface area contributed by atoms with Gasteiger partial charge in [0.2, 0.25) is 0 Å². The van der Waals surface area contributed by atoms with Crippen molar-refractivity contribution in [3.05, 3.63) is 59.7 Å². The van der Waals surface area contributed by atoms with Crippen molar-refractivity contribution in [3.63, 3.8) is 0 Å². The van der Waals surface area contributed by atoms with Crippen LogP contribution in [-0.2, 0) is 9.53 Å². The average Bonchev–Trinajstić information content (AvgIpc) is 2.74. The molecule has 29 heavy (non-hydrogen) atoms. The van der Waals surface area contributed by atoms with Crippen LogP contribution in [0.1, 0.15) is 17.2 Å². The molecule has 6 heteroatoms. The molecule has 0 bridgehead atoms. The quantitative estimate of drug-likeness (QED) is 0.702. The molecule has 2 aromatic carbocycles. The summed E-state index contributed by atoms with van der Waals surface area (Å²) in [6.07, 6.45) is 0. The fourth-order valence-electron chi connectivity index (χ4n) is 3.61. The van der Waals surface area contributed by atoms with E-state index in [1.54, 1.807) is 0 Å². The number of rotatable bonds is 8. The molecule has 0 aliphatic carbocycles. The van der Waals surface area contributed by atoms with Gasteiger partial charge in [0.15, 0.2) is 6.61 Å². The summed E-state index contributed by atoms with van der Waals surface area (Å²) in [5.74, 6) is 0.646. The molecular weight excluding hydrogens is 366 g/mol. The maximum absolute atomic E-state index is 12.4. The van der Waals surface area contributed by atoms with Crippen molar-refractivity contribution >= 4 is 11.6 Å². The van der Waals surface area contributed by atoms with E-state index in [1.807, 2.05) is 45.3 Å². The van der Waals surface area contributed by atoms with Crippen molar-refractivity contribution in [2.45, 2.75) is 13.0 Å². The Morgan fingerprint density at radius 3 is 2.48 bits per heavy atom. The molecule has 0 radical (unpaired) electrons.